The van der Waals surface area contributed by atoms with Crippen LogP contribution in [0.4, 0.5) is 0 Å². The number of hydrogen-bond acceptors (Lipinski definition) is 7. The fraction of sp³-hybridized carbons (Fsp3) is 0.704. The van der Waals surface area contributed by atoms with E-state index in [1.54, 1.807) is 21.1 Å². The zero-order chi connectivity index (χ0) is 26.8. The van der Waals surface area contributed by atoms with Crippen molar-refractivity contribution in [3.05, 3.63) is 23.3 Å². The molecule has 0 bridgehead atoms. The summed E-state index contributed by atoms with van der Waals surface area (Å²) in [5.41, 5.74) is -0.210. The summed E-state index contributed by atoms with van der Waals surface area (Å²) in [5.74, 6) is 0.352. The molecular formula is C27H44O7Si. The van der Waals surface area contributed by atoms with Gasteiger partial charge < -0.3 is 23.4 Å². The van der Waals surface area contributed by atoms with Crippen LogP contribution in [0.5, 0.6) is 11.5 Å². The number of benzene rings is 1. The van der Waals surface area contributed by atoms with Crippen LogP contribution >= 0.6 is 0 Å². The predicted octanol–water partition coefficient (Wildman–Crippen LogP) is 5.57. The number of carbonyl (C=O) groups is 2. The Hall–Kier alpha value is -2.06. The molecule has 0 unspecified atom stereocenters. The van der Waals surface area contributed by atoms with Gasteiger partial charge >= 0.3 is 11.9 Å². The van der Waals surface area contributed by atoms with Gasteiger partial charge in [0, 0.05) is 6.42 Å². The molecule has 0 aromatic heterocycles. The van der Waals surface area contributed by atoms with Gasteiger partial charge in [0.1, 0.15) is 11.0 Å². The Morgan fingerprint density at radius 2 is 1.60 bits per heavy atom. The second kappa shape index (κ2) is 10.5. The molecule has 0 heterocycles. The number of hydrogen-bond donors (Lipinski definition) is 0. The average Bonchev–Trinajstić information content (AvgIpc) is 3.01. The summed E-state index contributed by atoms with van der Waals surface area (Å²) >= 11 is 0. The third-order valence-electron chi connectivity index (χ3n) is 7.08. The first-order valence-electron chi connectivity index (χ1n) is 12.3. The van der Waals surface area contributed by atoms with Gasteiger partial charge in [-0.3, -0.25) is 9.59 Å². The van der Waals surface area contributed by atoms with Crippen LogP contribution in [0.2, 0.25) is 18.1 Å². The molecular weight excluding hydrogens is 464 g/mol. The molecule has 0 radical (unpaired) electrons. The fourth-order valence-corrected chi connectivity index (χ4v) is 5.62. The lowest BCUT2D eigenvalue weighted by molar-refractivity contribution is -0.167. The molecule has 1 aromatic carbocycles. The fourth-order valence-electron chi connectivity index (χ4n) is 4.27. The first kappa shape index (κ1) is 29.2. The third kappa shape index (κ3) is 6.20. The summed E-state index contributed by atoms with van der Waals surface area (Å²) in [4.78, 5) is 26.6. The Morgan fingerprint density at radius 3 is 2.09 bits per heavy atom. The van der Waals surface area contributed by atoms with Crippen LogP contribution < -0.4 is 9.47 Å². The SMILES string of the molecule is CCOC(=O)CC[C@@]1(C(=O)OC(C)(C)C)c2cc(OC)c(OC)cc2C[C@H]1O[Si](C)(C)C(C)(C)C. The number of ether oxygens (including phenoxy) is 4. The number of esters is 2. The topological polar surface area (TPSA) is 80.3 Å². The van der Waals surface area contributed by atoms with Gasteiger partial charge in [-0.15, -0.1) is 0 Å². The summed E-state index contributed by atoms with van der Waals surface area (Å²) in [6.07, 6.45) is 0.282. The van der Waals surface area contributed by atoms with Gasteiger partial charge in [-0.2, -0.15) is 0 Å². The molecule has 0 N–H and O–H groups in total. The van der Waals surface area contributed by atoms with Crippen molar-refractivity contribution < 1.29 is 33.0 Å². The average molecular weight is 509 g/mol. The van der Waals surface area contributed by atoms with Crippen LogP contribution in [0.15, 0.2) is 12.1 Å². The largest absolute Gasteiger partial charge is 0.493 e. The van der Waals surface area contributed by atoms with Crippen molar-refractivity contribution in [1.29, 1.82) is 0 Å². The number of rotatable bonds is 9. The van der Waals surface area contributed by atoms with Gasteiger partial charge in [0.15, 0.2) is 19.8 Å². The molecule has 0 saturated carbocycles. The Labute approximate surface area is 211 Å². The van der Waals surface area contributed by atoms with E-state index in [1.807, 2.05) is 32.9 Å². The highest BCUT2D eigenvalue weighted by Gasteiger charge is 2.57. The van der Waals surface area contributed by atoms with E-state index in [-0.39, 0.29) is 30.5 Å². The van der Waals surface area contributed by atoms with E-state index in [0.717, 1.165) is 11.1 Å². The zero-order valence-corrected chi connectivity index (χ0v) is 24.4. The van der Waals surface area contributed by atoms with E-state index in [1.165, 1.54) is 0 Å². The van der Waals surface area contributed by atoms with Gasteiger partial charge in [-0.25, -0.2) is 0 Å². The van der Waals surface area contributed by atoms with Crippen molar-refractivity contribution in [2.45, 2.75) is 103 Å². The lowest BCUT2D eigenvalue weighted by Gasteiger charge is -2.44. The van der Waals surface area contributed by atoms with Crippen molar-refractivity contribution in [1.82, 2.24) is 0 Å². The molecule has 1 aromatic rings. The highest BCUT2D eigenvalue weighted by Crippen LogP contribution is 2.51. The summed E-state index contributed by atoms with van der Waals surface area (Å²) in [6, 6.07) is 3.75. The maximum Gasteiger partial charge on any atom is 0.319 e. The molecule has 198 valence electrons. The molecule has 7 nitrogen and oxygen atoms in total. The van der Waals surface area contributed by atoms with E-state index >= 15 is 0 Å². The van der Waals surface area contributed by atoms with Crippen LogP contribution in [0, 0.1) is 0 Å². The maximum absolute atomic E-state index is 14.1. The van der Waals surface area contributed by atoms with E-state index in [4.69, 9.17) is 23.4 Å². The standard InChI is InChI=1S/C27H44O7Si/c1-12-32-23(28)13-14-27(24(29)33-25(2,3)4)19-17-21(31-9)20(30-8)15-18(19)16-22(27)34-35(10,11)26(5,6)7/h15,17,22H,12-14,16H2,1-11H3/t22-,27-/m1/s1. The van der Waals surface area contributed by atoms with Crippen LogP contribution in [0.3, 0.4) is 0 Å². The Kier molecular flexibility index (Phi) is 8.76. The summed E-state index contributed by atoms with van der Waals surface area (Å²) < 4.78 is 29.3. The molecule has 0 amide bonds. The van der Waals surface area contributed by atoms with Crippen LogP contribution in [0.25, 0.3) is 0 Å². The molecule has 0 aliphatic heterocycles. The highest BCUT2D eigenvalue weighted by molar-refractivity contribution is 6.74. The quantitative estimate of drug-likeness (QED) is 0.318. The van der Waals surface area contributed by atoms with Gasteiger partial charge in [-0.05, 0) is 81.9 Å². The van der Waals surface area contributed by atoms with E-state index in [9.17, 15) is 9.59 Å². The van der Waals surface area contributed by atoms with Gasteiger partial charge in [0.2, 0.25) is 0 Å². The van der Waals surface area contributed by atoms with Crippen molar-refractivity contribution in [3.8, 4) is 11.5 Å². The van der Waals surface area contributed by atoms with Crippen molar-refractivity contribution in [3.63, 3.8) is 0 Å². The van der Waals surface area contributed by atoms with E-state index in [0.29, 0.717) is 17.9 Å². The summed E-state index contributed by atoms with van der Waals surface area (Å²) in [6.45, 7) is 18.4. The Morgan fingerprint density at radius 1 is 1.03 bits per heavy atom. The monoisotopic (exact) mass is 508 g/mol. The van der Waals surface area contributed by atoms with Crippen LogP contribution in [-0.4, -0.2) is 52.8 Å². The lowest BCUT2D eigenvalue weighted by atomic mass is 9.75. The predicted molar refractivity (Wildman–Crippen MR) is 139 cm³/mol. The minimum absolute atomic E-state index is 0.0677. The van der Waals surface area contributed by atoms with Gasteiger partial charge in [-0.1, -0.05) is 20.8 Å². The van der Waals surface area contributed by atoms with Gasteiger partial charge in [0.05, 0.1) is 26.9 Å². The Balaban J connectivity index is 2.76. The third-order valence-corrected chi connectivity index (χ3v) is 11.6. The van der Waals surface area contributed by atoms with Crippen molar-refractivity contribution in [2.24, 2.45) is 0 Å². The minimum Gasteiger partial charge on any atom is -0.493 e. The molecule has 0 fully saturated rings. The van der Waals surface area contributed by atoms with E-state index in [2.05, 4.69) is 33.9 Å². The molecule has 1 aliphatic carbocycles. The number of carbonyl (C=O) groups excluding carboxylic acids is 2. The molecule has 35 heavy (non-hydrogen) atoms. The molecule has 0 spiro atoms. The summed E-state index contributed by atoms with van der Waals surface area (Å²) in [5, 5.41) is -0.0715. The minimum atomic E-state index is -2.30. The van der Waals surface area contributed by atoms with Crippen molar-refractivity contribution in [2.75, 3.05) is 20.8 Å². The molecule has 8 heteroatoms. The lowest BCUT2D eigenvalue weighted by Crippen LogP contribution is -2.54. The number of fused-ring (bicyclic) bond motifs is 1. The van der Waals surface area contributed by atoms with Crippen molar-refractivity contribution >= 4 is 20.3 Å². The first-order valence-corrected chi connectivity index (χ1v) is 15.3. The Bertz CT molecular complexity index is 927. The van der Waals surface area contributed by atoms with Crippen LogP contribution in [0.1, 0.15) is 72.4 Å². The molecule has 0 saturated heterocycles. The maximum atomic E-state index is 14.1. The smallest absolute Gasteiger partial charge is 0.319 e. The van der Waals surface area contributed by atoms with Crippen LogP contribution in [-0.2, 0) is 35.3 Å². The normalized spacial score (nSPS) is 20.3. The second-order valence-corrected chi connectivity index (χ2v) is 16.5. The van der Waals surface area contributed by atoms with Gasteiger partial charge in [0.25, 0.3) is 0 Å². The zero-order valence-electron chi connectivity index (χ0n) is 23.4. The van der Waals surface area contributed by atoms with E-state index < -0.39 is 31.4 Å². The second-order valence-electron chi connectivity index (χ2n) is 11.7. The number of methoxy groups -OCH3 is 2. The molecule has 1 aliphatic rings. The highest BCUT2D eigenvalue weighted by atomic mass is 28.4. The summed E-state index contributed by atoms with van der Waals surface area (Å²) in [7, 11) is 0.850. The molecule has 2 atom stereocenters. The molecule has 2 rings (SSSR count). The first-order chi connectivity index (χ1) is 16.0.